The van der Waals surface area contributed by atoms with E-state index < -0.39 is 0 Å². The van der Waals surface area contributed by atoms with Crippen LogP contribution in [0.25, 0.3) is 0 Å². The van der Waals surface area contributed by atoms with Gasteiger partial charge in [0, 0.05) is 43.8 Å². The van der Waals surface area contributed by atoms with Gasteiger partial charge in [-0.15, -0.1) is 12.4 Å². The van der Waals surface area contributed by atoms with E-state index in [2.05, 4.69) is 26.0 Å². The van der Waals surface area contributed by atoms with Gasteiger partial charge in [-0.2, -0.15) is 5.10 Å². The predicted octanol–water partition coefficient (Wildman–Crippen LogP) is 1.38. The van der Waals surface area contributed by atoms with Gasteiger partial charge in [0.05, 0.1) is 6.04 Å². The summed E-state index contributed by atoms with van der Waals surface area (Å²) >= 11 is 0. The monoisotopic (exact) mass is 378 g/mol. The SMILES string of the molecule is Cl.O=C(CCNC(=O)c1ccn(C2CCCNC2)n1)Nc1ccncc1. The fraction of sp³-hybridized carbons (Fsp3) is 0.412. The highest BCUT2D eigenvalue weighted by molar-refractivity contribution is 5.93. The average Bonchev–Trinajstić information content (AvgIpc) is 3.13. The van der Waals surface area contributed by atoms with E-state index in [0.717, 1.165) is 25.9 Å². The van der Waals surface area contributed by atoms with Crippen molar-refractivity contribution in [1.82, 2.24) is 25.4 Å². The van der Waals surface area contributed by atoms with Crippen LogP contribution in [0, 0.1) is 0 Å². The Bertz CT molecular complexity index is 715. The molecule has 0 bridgehead atoms. The molecule has 1 unspecified atom stereocenters. The molecule has 8 nitrogen and oxygen atoms in total. The third-order valence-electron chi connectivity index (χ3n) is 4.09. The molecule has 1 atom stereocenters. The highest BCUT2D eigenvalue weighted by atomic mass is 35.5. The number of carbonyl (C=O) groups is 2. The molecule has 3 rings (SSSR count). The maximum atomic E-state index is 12.1. The lowest BCUT2D eigenvalue weighted by atomic mass is 10.1. The van der Waals surface area contributed by atoms with Crippen molar-refractivity contribution in [2.75, 3.05) is 25.0 Å². The highest BCUT2D eigenvalue weighted by Crippen LogP contribution is 2.15. The van der Waals surface area contributed by atoms with Crippen LogP contribution in [0.1, 0.15) is 35.8 Å². The molecule has 0 aromatic carbocycles. The Morgan fingerprint density at radius 2 is 2.08 bits per heavy atom. The molecule has 2 aromatic rings. The van der Waals surface area contributed by atoms with Crippen LogP contribution in [0.5, 0.6) is 0 Å². The second-order valence-corrected chi connectivity index (χ2v) is 5.97. The van der Waals surface area contributed by atoms with Gasteiger partial charge in [0.2, 0.25) is 5.91 Å². The van der Waals surface area contributed by atoms with E-state index in [1.165, 1.54) is 0 Å². The average molecular weight is 379 g/mol. The standard InChI is InChI=1S/C17H22N6O2.ClH/c24-16(21-13-3-8-18-9-4-13)5-10-20-17(25)15-6-11-23(22-15)14-2-1-7-19-12-14;/h3-4,6,8-9,11,14,19H,1-2,5,7,10,12H2,(H,20,25)(H,18,21,24);1H. The number of halogens is 1. The Labute approximate surface area is 158 Å². The number of aromatic nitrogens is 3. The maximum absolute atomic E-state index is 12.1. The van der Waals surface area contributed by atoms with Crippen molar-refractivity contribution >= 4 is 29.9 Å². The first-order valence-electron chi connectivity index (χ1n) is 8.46. The van der Waals surface area contributed by atoms with E-state index in [9.17, 15) is 9.59 Å². The molecule has 1 aliphatic rings. The number of rotatable bonds is 6. The Hall–Kier alpha value is -2.45. The van der Waals surface area contributed by atoms with Gasteiger partial charge in [-0.3, -0.25) is 19.3 Å². The van der Waals surface area contributed by atoms with E-state index in [1.54, 1.807) is 30.6 Å². The Morgan fingerprint density at radius 1 is 1.27 bits per heavy atom. The summed E-state index contributed by atoms with van der Waals surface area (Å²) in [6.07, 6.45) is 7.42. The third kappa shape index (κ3) is 5.53. The minimum Gasteiger partial charge on any atom is -0.350 e. The fourth-order valence-electron chi connectivity index (χ4n) is 2.76. The third-order valence-corrected chi connectivity index (χ3v) is 4.09. The smallest absolute Gasteiger partial charge is 0.271 e. The summed E-state index contributed by atoms with van der Waals surface area (Å²) in [7, 11) is 0. The van der Waals surface area contributed by atoms with Crippen LogP contribution in [0.4, 0.5) is 5.69 Å². The number of hydrogen-bond donors (Lipinski definition) is 3. The van der Waals surface area contributed by atoms with E-state index in [1.807, 2.05) is 10.9 Å². The second-order valence-electron chi connectivity index (χ2n) is 5.97. The summed E-state index contributed by atoms with van der Waals surface area (Å²) in [5.74, 6) is -0.426. The zero-order valence-electron chi connectivity index (χ0n) is 14.4. The first kappa shape index (κ1) is 19.9. The van der Waals surface area contributed by atoms with E-state index >= 15 is 0 Å². The van der Waals surface area contributed by atoms with Crippen molar-refractivity contribution in [1.29, 1.82) is 0 Å². The van der Waals surface area contributed by atoms with Crippen molar-refractivity contribution in [3.63, 3.8) is 0 Å². The summed E-state index contributed by atoms with van der Waals surface area (Å²) in [4.78, 5) is 27.9. The van der Waals surface area contributed by atoms with Crippen molar-refractivity contribution in [3.05, 3.63) is 42.5 Å². The Kier molecular flexibility index (Phi) is 7.55. The van der Waals surface area contributed by atoms with Crippen LogP contribution in [0.3, 0.4) is 0 Å². The largest absolute Gasteiger partial charge is 0.350 e. The summed E-state index contributed by atoms with van der Waals surface area (Å²) in [6, 6.07) is 5.43. The molecule has 140 valence electrons. The van der Waals surface area contributed by atoms with Crippen LogP contribution in [-0.4, -0.2) is 46.2 Å². The molecule has 2 aromatic heterocycles. The molecule has 0 saturated carbocycles. The number of piperidine rings is 1. The number of nitrogens with one attached hydrogen (secondary N) is 3. The number of hydrogen-bond acceptors (Lipinski definition) is 5. The van der Waals surface area contributed by atoms with Gasteiger partial charge in [-0.05, 0) is 37.6 Å². The van der Waals surface area contributed by atoms with Gasteiger partial charge in [0.15, 0.2) is 0 Å². The second kappa shape index (κ2) is 9.88. The Balaban J connectivity index is 0.00000243. The number of pyridine rings is 1. The maximum Gasteiger partial charge on any atom is 0.271 e. The molecule has 3 heterocycles. The number of amides is 2. The highest BCUT2D eigenvalue weighted by Gasteiger charge is 2.17. The molecule has 3 N–H and O–H groups in total. The molecule has 9 heteroatoms. The lowest BCUT2D eigenvalue weighted by molar-refractivity contribution is -0.116. The summed E-state index contributed by atoms with van der Waals surface area (Å²) < 4.78 is 1.84. The lowest BCUT2D eigenvalue weighted by Crippen LogP contribution is -2.32. The number of anilines is 1. The normalized spacial score (nSPS) is 16.4. The molecule has 1 aliphatic heterocycles. The molecule has 1 saturated heterocycles. The van der Waals surface area contributed by atoms with Crippen molar-refractivity contribution in [2.24, 2.45) is 0 Å². The summed E-state index contributed by atoms with van der Waals surface area (Å²) in [5, 5.41) is 13.2. The van der Waals surface area contributed by atoms with Crippen LogP contribution in [-0.2, 0) is 4.79 Å². The molecular formula is C17H23ClN6O2. The van der Waals surface area contributed by atoms with Crippen molar-refractivity contribution in [2.45, 2.75) is 25.3 Å². The van der Waals surface area contributed by atoms with Gasteiger partial charge in [0.1, 0.15) is 5.69 Å². The predicted molar refractivity (Wildman–Crippen MR) is 100 cm³/mol. The van der Waals surface area contributed by atoms with Crippen LogP contribution >= 0.6 is 12.4 Å². The number of carbonyl (C=O) groups excluding carboxylic acids is 2. The minimum absolute atomic E-state index is 0. The minimum atomic E-state index is -0.265. The molecule has 0 aliphatic carbocycles. The van der Waals surface area contributed by atoms with E-state index in [4.69, 9.17) is 0 Å². The van der Waals surface area contributed by atoms with Gasteiger partial charge in [0.25, 0.3) is 5.91 Å². The first-order valence-corrected chi connectivity index (χ1v) is 8.46. The summed E-state index contributed by atoms with van der Waals surface area (Å²) in [6.45, 7) is 2.16. The topological polar surface area (TPSA) is 101 Å². The van der Waals surface area contributed by atoms with Crippen LogP contribution in [0.2, 0.25) is 0 Å². The lowest BCUT2D eigenvalue weighted by Gasteiger charge is -2.22. The zero-order valence-corrected chi connectivity index (χ0v) is 15.2. The van der Waals surface area contributed by atoms with Gasteiger partial charge >= 0.3 is 0 Å². The fourth-order valence-corrected chi connectivity index (χ4v) is 2.76. The van der Waals surface area contributed by atoms with Crippen molar-refractivity contribution < 1.29 is 9.59 Å². The first-order chi connectivity index (χ1) is 12.2. The Morgan fingerprint density at radius 3 is 2.81 bits per heavy atom. The van der Waals surface area contributed by atoms with Gasteiger partial charge in [-0.25, -0.2) is 0 Å². The zero-order chi connectivity index (χ0) is 17.5. The van der Waals surface area contributed by atoms with E-state index in [0.29, 0.717) is 17.4 Å². The summed E-state index contributed by atoms with van der Waals surface area (Å²) in [5.41, 5.74) is 1.06. The quantitative estimate of drug-likeness (QED) is 0.705. The number of nitrogens with zero attached hydrogens (tertiary/aromatic N) is 3. The molecule has 0 radical (unpaired) electrons. The molecule has 0 spiro atoms. The molecule has 1 fully saturated rings. The van der Waals surface area contributed by atoms with Gasteiger partial charge in [-0.1, -0.05) is 0 Å². The van der Waals surface area contributed by atoms with Crippen LogP contribution < -0.4 is 16.0 Å². The molecule has 2 amide bonds. The van der Waals surface area contributed by atoms with Crippen molar-refractivity contribution in [3.8, 4) is 0 Å². The van der Waals surface area contributed by atoms with Crippen LogP contribution in [0.15, 0.2) is 36.8 Å². The molecule has 26 heavy (non-hydrogen) atoms. The van der Waals surface area contributed by atoms with E-state index in [-0.39, 0.29) is 37.2 Å². The molecular weight excluding hydrogens is 356 g/mol. The van der Waals surface area contributed by atoms with Gasteiger partial charge < -0.3 is 16.0 Å².